The number of nitrogen functional groups attached to an aromatic ring is 1. The molecule has 2 aliphatic rings. The van der Waals surface area contributed by atoms with Crippen molar-refractivity contribution in [1.29, 1.82) is 0 Å². The van der Waals surface area contributed by atoms with E-state index in [1.165, 1.54) is 0 Å². The fraction of sp³-hybridized carbons (Fsp3) is 0.556. The Morgan fingerprint density at radius 2 is 1.85 bits per heavy atom. The summed E-state index contributed by atoms with van der Waals surface area (Å²) in [5, 5.41) is 3.79. The number of halogens is 2. The van der Waals surface area contributed by atoms with Crippen LogP contribution in [-0.4, -0.2) is 76.4 Å². The molecule has 0 unspecified atom stereocenters. The molecule has 0 aliphatic carbocycles. The highest BCUT2D eigenvalue weighted by atomic mass is 35.5. The number of primary amides is 1. The van der Waals surface area contributed by atoms with Crippen LogP contribution in [0, 0.1) is 5.92 Å². The van der Waals surface area contributed by atoms with Crippen molar-refractivity contribution in [3.63, 3.8) is 0 Å². The van der Waals surface area contributed by atoms with Gasteiger partial charge in [0.25, 0.3) is 5.91 Å². The monoisotopic (exact) mass is 576 g/mol. The second-order valence-electron chi connectivity index (χ2n) is 10.6. The number of amides is 2. The summed E-state index contributed by atoms with van der Waals surface area (Å²) in [5.41, 5.74) is 13.0. The number of benzene rings is 1. The van der Waals surface area contributed by atoms with Crippen LogP contribution in [0.3, 0.4) is 0 Å². The third-order valence-electron chi connectivity index (χ3n) is 7.67. The van der Waals surface area contributed by atoms with Crippen molar-refractivity contribution < 1.29 is 9.59 Å². The molecule has 1 aromatic heterocycles. The summed E-state index contributed by atoms with van der Waals surface area (Å²) in [6, 6.07) is 6.54. The van der Waals surface area contributed by atoms with Crippen LogP contribution in [0.25, 0.3) is 0 Å². The number of likely N-dealkylation sites (tertiary alicyclic amines) is 1. The van der Waals surface area contributed by atoms with Gasteiger partial charge in [-0.15, -0.1) is 0 Å². The second-order valence-corrected chi connectivity index (χ2v) is 11.4. The minimum atomic E-state index is -0.747. The Hall–Kier alpha value is -2.66. The summed E-state index contributed by atoms with van der Waals surface area (Å²) in [6.45, 7) is 11.0. The predicted octanol–water partition coefficient (Wildman–Crippen LogP) is 3.62. The molecule has 5 N–H and O–H groups in total. The number of nitrogens with two attached hydrogens (primary N) is 2. The molecule has 0 bridgehead atoms. The van der Waals surface area contributed by atoms with E-state index in [2.05, 4.69) is 36.9 Å². The second kappa shape index (κ2) is 12.7. The molecule has 212 valence electrons. The first kappa shape index (κ1) is 29.3. The number of piperazine rings is 1. The van der Waals surface area contributed by atoms with Crippen LogP contribution in [0.1, 0.15) is 56.1 Å². The molecule has 1 aromatic carbocycles. The highest BCUT2D eigenvalue weighted by molar-refractivity contribution is 6.32. The number of carbonyl (C=O) groups excluding carboxylic acids is 2. The summed E-state index contributed by atoms with van der Waals surface area (Å²) in [7, 11) is 0. The van der Waals surface area contributed by atoms with Gasteiger partial charge in [-0.3, -0.25) is 19.4 Å². The van der Waals surface area contributed by atoms with E-state index in [4.69, 9.17) is 34.7 Å². The van der Waals surface area contributed by atoms with Gasteiger partial charge in [-0.05, 0) is 50.0 Å². The number of anilines is 3. The van der Waals surface area contributed by atoms with E-state index in [0.717, 1.165) is 69.8 Å². The fourth-order valence-corrected chi connectivity index (χ4v) is 5.86. The first-order chi connectivity index (χ1) is 18.6. The molecule has 39 heavy (non-hydrogen) atoms. The zero-order valence-electron chi connectivity index (χ0n) is 22.8. The number of nitrogens with zero attached hydrogens (tertiary/aromatic N) is 5. The molecule has 12 heteroatoms. The standard InChI is InChI=1S/C27H38Cl2N8O2/c1-4-19-15-36(26-23(29)33-22(25(31)38)24(30)34-26)11-12-37(19)20-7-9-35(10-8-20)14-17-5-6-18(28)13-21(17)32-27(39)16(2)3/h5-6,13,16,19-20H,4,7-12,14-15H2,1-3H3,(H2,30,34)(H2,31,38)(H,32,39)/t19-/m0/s1. The molecule has 1 atom stereocenters. The minimum absolute atomic E-state index is 0.00244. The molecule has 4 rings (SSSR count). The van der Waals surface area contributed by atoms with Crippen molar-refractivity contribution >= 4 is 52.3 Å². The molecule has 2 amide bonds. The number of hydrogen-bond donors (Lipinski definition) is 3. The molecule has 3 heterocycles. The summed E-state index contributed by atoms with van der Waals surface area (Å²) < 4.78 is 0. The molecule has 0 radical (unpaired) electrons. The molecule has 2 aliphatic heterocycles. The van der Waals surface area contributed by atoms with E-state index in [-0.39, 0.29) is 28.5 Å². The van der Waals surface area contributed by atoms with Crippen molar-refractivity contribution in [2.45, 2.75) is 58.7 Å². The number of nitrogens with one attached hydrogen (secondary N) is 1. The number of piperidine rings is 1. The normalized spacial score (nSPS) is 19.4. The lowest BCUT2D eigenvalue weighted by Gasteiger charge is -2.47. The zero-order valence-corrected chi connectivity index (χ0v) is 24.3. The molecule has 2 saturated heterocycles. The maximum atomic E-state index is 12.3. The Morgan fingerprint density at radius 1 is 1.13 bits per heavy atom. The van der Waals surface area contributed by atoms with Gasteiger partial charge in [-0.2, -0.15) is 0 Å². The smallest absolute Gasteiger partial charge is 0.271 e. The van der Waals surface area contributed by atoms with Gasteiger partial charge < -0.3 is 21.7 Å². The number of rotatable bonds is 8. The molecule has 0 saturated carbocycles. The van der Waals surface area contributed by atoms with Gasteiger partial charge in [-0.1, -0.05) is 50.0 Å². The molecular formula is C27H38Cl2N8O2. The molecule has 2 aromatic rings. The fourth-order valence-electron chi connectivity index (χ4n) is 5.44. The van der Waals surface area contributed by atoms with Crippen LogP contribution in [-0.2, 0) is 11.3 Å². The Kier molecular flexibility index (Phi) is 9.53. The number of aromatic nitrogens is 2. The number of hydrogen-bond acceptors (Lipinski definition) is 8. The summed E-state index contributed by atoms with van der Waals surface area (Å²) in [5.74, 6) is -0.369. The van der Waals surface area contributed by atoms with E-state index in [9.17, 15) is 9.59 Å². The maximum absolute atomic E-state index is 12.3. The molecule has 10 nitrogen and oxygen atoms in total. The van der Waals surface area contributed by atoms with Crippen LogP contribution in [0.5, 0.6) is 0 Å². The van der Waals surface area contributed by atoms with Gasteiger partial charge in [0.1, 0.15) is 0 Å². The van der Waals surface area contributed by atoms with Crippen LogP contribution in [0.15, 0.2) is 18.2 Å². The highest BCUT2D eigenvalue weighted by Gasteiger charge is 2.34. The highest BCUT2D eigenvalue weighted by Crippen LogP contribution is 2.30. The summed E-state index contributed by atoms with van der Waals surface area (Å²) in [6.07, 6.45) is 3.12. The van der Waals surface area contributed by atoms with Crippen molar-refractivity contribution in [2.24, 2.45) is 11.7 Å². The van der Waals surface area contributed by atoms with Crippen molar-refractivity contribution in [3.8, 4) is 0 Å². The maximum Gasteiger partial charge on any atom is 0.271 e. The van der Waals surface area contributed by atoms with E-state index in [1.807, 2.05) is 32.0 Å². The quantitative estimate of drug-likeness (QED) is 0.433. The zero-order chi connectivity index (χ0) is 28.3. The SMILES string of the molecule is CC[C@H]1CN(c2nc(N)c(C(N)=O)nc2Cl)CCN1C1CCN(Cc2ccc(Cl)cc2NC(=O)C(C)C)CC1. The van der Waals surface area contributed by atoms with Crippen LogP contribution >= 0.6 is 23.2 Å². The summed E-state index contributed by atoms with van der Waals surface area (Å²) in [4.78, 5) is 39.5. The van der Waals surface area contributed by atoms with Crippen LogP contribution in [0.2, 0.25) is 10.2 Å². The predicted molar refractivity (Wildman–Crippen MR) is 156 cm³/mol. The summed E-state index contributed by atoms with van der Waals surface area (Å²) >= 11 is 12.6. The van der Waals surface area contributed by atoms with Crippen molar-refractivity contribution in [3.05, 3.63) is 39.6 Å². The lowest BCUT2D eigenvalue weighted by Crippen LogP contribution is -2.58. The minimum Gasteiger partial charge on any atom is -0.382 e. The van der Waals surface area contributed by atoms with E-state index in [0.29, 0.717) is 22.9 Å². The lowest BCUT2D eigenvalue weighted by molar-refractivity contribution is -0.118. The van der Waals surface area contributed by atoms with Crippen molar-refractivity contribution in [2.75, 3.05) is 48.7 Å². The van der Waals surface area contributed by atoms with Gasteiger partial charge in [0.05, 0.1) is 0 Å². The van der Waals surface area contributed by atoms with E-state index < -0.39 is 5.91 Å². The molecule has 2 fully saturated rings. The Labute approximate surface area is 240 Å². The third kappa shape index (κ3) is 6.92. The Morgan fingerprint density at radius 3 is 2.49 bits per heavy atom. The van der Waals surface area contributed by atoms with Gasteiger partial charge >= 0.3 is 0 Å². The van der Waals surface area contributed by atoms with E-state index >= 15 is 0 Å². The lowest BCUT2D eigenvalue weighted by atomic mass is 9.97. The van der Waals surface area contributed by atoms with Gasteiger partial charge in [0.15, 0.2) is 22.5 Å². The molecule has 0 spiro atoms. The van der Waals surface area contributed by atoms with E-state index in [1.54, 1.807) is 0 Å². The van der Waals surface area contributed by atoms with Gasteiger partial charge in [-0.25, -0.2) is 9.97 Å². The van der Waals surface area contributed by atoms with Gasteiger partial charge in [0, 0.05) is 54.9 Å². The van der Waals surface area contributed by atoms with Crippen LogP contribution < -0.4 is 21.7 Å². The largest absolute Gasteiger partial charge is 0.382 e. The Bertz CT molecular complexity index is 1200. The average molecular weight is 578 g/mol. The first-order valence-corrected chi connectivity index (χ1v) is 14.3. The van der Waals surface area contributed by atoms with Gasteiger partial charge in [0.2, 0.25) is 5.91 Å². The number of carbonyl (C=O) groups is 2. The third-order valence-corrected chi connectivity index (χ3v) is 8.16. The Balaban J connectivity index is 1.37. The van der Waals surface area contributed by atoms with Crippen LogP contribution in [0.4, 0.5) is 17.3 Å². The molecular weight excluding hydrogens is 539 g/mol. The topological polar surface area (TPSA) is 134 Å². The average Bonchev–Trinajstić information content (AvgIpc) is 2.91. The van der Waals surface area contributed by atoms with Crippen molar-refractivity contribution in [1.82, 2.24) is 19.8 Å². The first-order valence-electron chi connectivity index (χ1n) is 13.5.